The SMILES string of the molecule is NCC(CCSc1ccccc1)Cc1cccc(Cl)c1. The van der Waals surface area contributed by atoms with Crippen LogP contribution in [0.3, 0.4) is 0 Å². The van der Waals surface area contributed by atoms with Crippen molar-refractivity contribution in [1.29, 1.82) is 0 Å². The predicted octanol–water partition coefficient (Wildman–Crippen LogP) is 4.64. The summed E-state index contributed by atoms with van der Waals surface area (Å²) in [6, 6.07) is 18.6. The van der Waals surface area contributed by atoms with Gasteiger partial charge in [0.2, 0.25) is 0 Å². The maximum absolute atomic E-state index is 6.02. The van der Waals surface area contributed by atoms with Gasteiger partial charge < -0.3 is 5.73 Å². The summed E-state index contributed by atoms with van der Waals surface area (Å²) >= 11 is 7.92. The van der Waals surface area contributed by atoms with Crippen LogP contribution in [0.25, 0.3) is 0 Å². The smallest absolute Gasteiger partial charge is 0.0408 e. The molecule has 0 bridgehead atoms. The van der Waals surface area contributed by atoms with Crippen LogP contribution < -0.4 is 5.73 Å². The Hall–Kier alpha value is -0.960. The van der Waals surface area contributed by atoms with E-state index < -0.39 is 0 Å². The van der Waals surface area contributed by atoms with Gasteiger partial charge in [-0.1, -0.05) is 41.9 Å². The van der Waals surface area contributed by atoms with Crippen LogP contribution in [-0.4, -0.2) is 12.3 Å². The third kappa shape index (κ3) is 5.20. The van der Waals surface area contributed by atoms with Crippen molar-refractivity contribution in [2.45, 2.75) is 17.7 Å². The summed E-state index contributed by atoms with van der Waals surface area (Å²) in [6.45, 7) is 0.724. The first-order valence-corrected chi connectivity index (χ1v) is 8.26. The summed E-state index contributed by atoms with van der Waals surface area (Å²) in [5.74, 6) is 1.62. The van der Waals surface area contributed by atoms with Gasteiger partial charge in [-0.05, 0) is 60.9 Å². The van der Waals surface area contributed by atoms with Crippen LogP contribution in [0.15, 0.2) is 59.5 Å². The summed E-state index contributed by atoms with van der Waals surface area (Å²) in [5.41, 5.74) is 7.17. The van der Waals surface area contributed by atoms with E-state index in [-0.39, 0.29) is 0 Å². The number of thioether (sulfide) groups is 1. The van der Waals surface area contributed by atoms with E-state index >= 15 is 0 Å². The minimum Gasteiger partial charge on any atom is -0.330 e. The molecule has 0 saturated carbocycles. The van der Waals surface area contributed by atoms with E-state index in [0.29, 0.717) is 5.92 Å². The summed E-state index contributed by atoms with van der Waals surface area (Å²) in [4.78, 5) is 1.33. The van der Waals surface area contributed by atoms with E-state index in [2.05, 4.69) is 30.3 Å². The molecule has 1 atom stereocenters. The molecule has 2 rings (SSSR count). The lowest BCUT2D eigenvalue weighted by molar-refractivity contribution is 0.523. The highest BCUT2D eigenvalue weighted by Crippen LogP contribution is 2.22. The Morgan fingerprint density at radius 2 is 1.85 bits per heavy atom. The van der Waals surface area contributed by atoms with E-state index in [4.69, 9.17) is 17.3 Å². The first-order valence-electron chi connectivity index (χ1n) is 6.90. The third-order valence-corrected chi connectivity index (χ3v) is 4.57. The molecule has 1 unspecified atom stereocenters. The van der Waals surface area contributed by atoms with Gasteiger partial charge in [0.15, 0.2) is 0 Å². The van der Waals surface area contributed by atoms with Crippen molar-refractivity contribution in [2.75, 3.05) is 12.3 Å². The number of halogens is 1. The average Bonchev–Trinajstić information content (AvgIpc) is 2.47. The molecule has 2 aromatic rings. The molecule has 3 heteroatoms. The monoisotopic (exact) mass is 305 g/mol. The lowest BCUT2D eigenvalue weighted by Crippen LogP contribution is -2.17. The molecule has 0 fully saturated rings. The fourth-order valence-corrected chi connectivity index (χ4v) is 3.41. The lowest BCUT2D eigenvalue weighted by Gasteiger charge is -2.14. The summed E-state index contributed by atoms with van der Waals surface area (Å²) < 4.78 is 0. The van der Waals surface area contributed by atoms with Gasteiger partial charge in [-0.3, -0.25) is 0 Å². The van der Waals surface area contributed by atoms with Gasteiger partial charge in [0, 0.05) is 9.92 Å². The van der Waals surface area contributed by atoms with Crippen molar-refractivity contribution in [3.63, 3.8) is 0 Å². The molecular weight excluding hydrogens is 286 g/mol. The van der Waals surface area contributed by atoms with Gasteiger partial charge in [-0.25, -0.2) is 0 Å². The van der Waals surface area contributed by atoms with Gasteiger partial charge in [0.1, 0.15) is 0 Å². The Morgan fingerprint density at radius 3 is 2.55 bits per heavy atom. The number of hydrogen-bond donors (Lipinski definition) is 1. The molecule has 106 valence electrons. The van der Waals surface area contributed by atoms with Crippen LogP contribution in [0.1, 0.15) is 12.0 Å². The highest BCUT2D eigenvalue weighted by atomic mass is 35.5. The summed E-state index contributed by atoms with van der Waals surface area (Å²) in [6.07, 6.45) is 2.13. The molecule has 0 aromatic heterocycles. The van der Waals surface area contributed by atoms with Gasteiger partial charge in [0.25, 0.3) is 0 Å². The van der Waals surface area contributed by atoms with Crippen molar-refractivity contribution >= 4 is 23.4 Å². The van der Waals surface area contributed by atoms with E-state index in [0.717, 1.165) is 30.2 Å². The molecular formula is C17H20ClNS. The molecule has 0 spiro atoms. The van der Waals surface area contributed by atoms with Crippen molar-refractivity contribution in [2.24, 2.45) is 11.7 Å². The maximum atomic E-state index is 6.02. The van der Waals surface area contributed by atoms with Crippen LogP contribution in [0.5, 0.6) is 0 Å². The minimum absolute atomic E-state index is 0.518. The van der Waals surface area contributed by atoms with Crippen LogP contribution in [0.2, 0.25) is 5.02 Å². The maximum Gasteiger partial charge on any atom is 0.0408 e. The fourth-order valence-electron chi connectivity index (χ4n) is 2.16. The molecule has 20 heavy (non-hydrogen) atoms. The van der Waals surface area contributed by atoms with Gasteiger partial charge >= 0.3 is 0 Å². The van der Waals surface area contributed by atoms with E-state index in [1.807, 2.05) is 36.0 Å². The van der Waals surface area contributed by atoms with Crippen LogP contribution in [0, 0.1) is 5.92 Å². The van der Waals surface area contributed by atoms with Gasteiger partial charge in [-0.15, -0.1) is 11.8 Å². The van der Waals surface area contributed by atoms with E-state index in [1.165, 1.54) is 10.5 Å². The highest BCUT2D eigenvalue weighted by molar-refractivity contribution is 7.99. The zero-order valence-corrected chi connectivity index (χ0v) is 13.0. The normalized spacial score (nSPS) is 12.3. The van der Waals surface area contributed by atoms with Crippen molar-refractivity contribution in [3.8, 4) is 0 Å². The fraction of sp³-hybridized carbons (Fsp3) is 0.294. The minimum atomic E-state index is 0.518. The number of benzene rings is 2. The zero-order valence-electron chi connectivity index (χ0n) is 11.5. The summed E-state index contributed by atoms with van der Waals surface area (Å²) in [7, 11) is 0. The molecule has 0 heterocycles. The van der Waals surface area contributed by atoms with E-state index in [1.54, 1.807) is 0 Å². The number of hydrogen-bond acceptors (Lipinski definition) is 2. The van der Waals surface area contributed by atoms with Crippen LogP contribution in [0.4, 0.5) is 0 Å². The van der Waals surface area contributed by atoms with Gasteiger partial charge in [-0.2, -0.15) is 0 Å². The van der Waals surface area contributed by atoms with Crippen LogP contribution >= 0.6 is 23.4 Å². The Balaban J connectivity index is 1.80. The third-order valence-electron chi connectivity index (χ3n) is 3.28. The number of nitrogens with two attached hydrogens (primary N) is 1. The molecule has 0 radical (unpaired) electrons. The first-order chi connectivity index (χ1) is 9.78. The van der Waals surface area contributed by atoms with E-state index in [9.17, 15) is 0 Å². The molecule has 0 aliphatic rings. The van der Waals surface area contributed by atoms with Crippen LogP contribution in [-0.2, 0) is 6.42 Å². The Labute approximate surface area is 130 Å². The standard InChI is InChI=1S/C17H20ClNS/c18-16-6-4-5-14(12-16)11-15(13-19)9-10-20-17-7-2-1-3-8-17/h1-8,12,15H,9-11,13,19H2. The van der Waals surface area contributed by atoms with Crippen molar-refractivity contribution in [3.05, 3.63) is 65.2 Å². The number of rotatable bonds is 7. The Morgan fingerprint density at radius 1 is 1.05 bits per heavy atom. The second-order valence-corrected chi connectivity index (χ2v) is 6.49. The summed E-state index contributed by atoms with van der Waals surface area (Å²) in [5, 5.41) is 0.803. The quantitative estimate of drug-likeness (QED) is 0.754. The van der Waals surface area contributed by atoms with Gasteiger partial charge in [0.05, 0.1) is 0 Å². The highest BCUT2D eigenvalue weighted by Gasteiger charge is 2.08. The molecule has 2 N–H and O–H groups in total. The zero-order chi connectivity index (χ0) is 14.2. The Bertz CT molecular complexity index is 515. The topological polar surface area (TPSA) is 26.0 Å². The van der Waals surface area contributed by atoms with Crippen molar-refractivity contribution < 1.29 is 0 Å². The molecule has 1 nitrogen and oxygen atoms in total. The first kappa shape index (κ1) is 15.4. The average molecular weight is 306 g/mol. The molecule has 2 aromatic carbocycles. The largest absolute Gasteiger partial charge is 0.330 e. The molecule has 0 saturated heterocycles. The second kappa shape index (κ2) is 8.35. The second-order valence-electron chi connectivity index (χ2n) is 4.89. The Kier molecular flexibility index (Phi) is 6.44. The molecule has 0 amide bonds. The van der Waals surface area contributed by atoms with Crippen molar-refractivity contribution in [1.82, 2.24) is 0 Å². The predicted molar refractivity (Wildman–Crippen MR) is 89.5 cm³/mol. The molecule has 0 aliphatic heterocycles. The lowest BCUT2D eigenvalue weighted by atomic mass is 9.97. The molecule has 0 aliphatic carbocycles.